The topological polar surface area (TPSA) is 64.9 Å². The van der Waals surface area contributed by atoms with Crippen LogP contribution < -0.4 is 10.1 Å². The van der Waals surface area contributed by atoms with E-state index in [1.807, 2.05) is 24.6 Å². The van der Waals surface area contributed by atoms with Crippen LogP contribution in [0.3, 0.4) is 0 Å². The van der Waals surface area contributed by atoms with E-state index in [2.05, 4.69) is 27.2 Å². The Bertz CT molecular complexity index is 512. The number of hydrogen-bond acceptors (Lipinski definition) is 5. The molecule has 0 saturated heterocycles. The summed E-state index contributed by atoms with van der Waals surface area (Å²) in [7, 11) is 0. The number of nitrogens with one attached hydrogen (secondary N) is 1. The molecule has 1 N–H and O–H groups in total. The summed E-state index contributed by atoms with van der Waals surface area (Å²) in [5.41, 5.74) is 0.932. The third-order valence-corrected chi connectivity index (χ3v) is 2.75. The van der Waals surface area contributed by atoms with E-state index >= 15 is 0 Å². The molecule has 0 radical (unpaired) electrons. The number of ether oxygens (including phenoxy) is 1. The van der Waals surface area contributed by atoms with Gasteiger partial charge in [0.1, 0.15) is 12.1 Å². The van der Waals surface area contributed by atoms with Gasteiger partial charge in [0.25, 0.3) is 0 Å². The highest BCUT2D eigenvalue weighted by Crippen LogP contribution is 2.20. The van der Waals surface area contributed by atoms with Gasteiger partial charge < -0.3 is 14.6 Å². The molecule has 0 aromatic carbocycles. The maximum absolute atomic E-state index is 5.46. The average molecular weight is 261 g/mol. The molecular weight excluding hydrogens is 242 g/mol. The number of nitrogens with zero attached hydrogens (tertiary/aromatic N) is 4. The molecule has 0 bridgehead atoms. The SMILES string of the molecule is CCOc1ncnc(NC(C)Cn2ccnc2)c1C. The lowest BCUT2D eigenvalue weighted by molar-refractivity contribution is 0.323. The fourth-order valence-corrected chi connectivity index (χ4v) is 1.85. The van der Waals surface area contributed by atoms with Gasteiger partial charge >= 0.3 is 0 Å². The highest BCUT2D eigenvalue weighted by atomic mass is 16.5. The molecule has 0 aliphatic carbocycles. The molecule has 0 spiro atoms. The van der Waals surface area contributed by atoms with E-state index in [0.717, 1.165) is 17.9 Å². The number of hydrogen-bond donors (Lipinski definition) is 1. The van der Waals surface area contributed by atoms with Crippen LogP contribution in [0.25, 0.3) is 0 Å². The lowest BCUT2D eigenvalue weighted by Crippen LogP contribution is -2.22. The van der Waals surface area contributed by atoms with Crippen LogP contribution in [0.2, 0.25) is 0 Å². The maximum Gasteiger partial charge on any atom is 0.221 e. The summed E-state index contributed by atoms with van der Waals surface area (Å²) in [6, 6.07) is 0.234. The molecule has 6 heteroatoms. The summed E-state index contributed by atoms with van der Waals surface area (Å²) in [4.78, 5) is 12.4. The van der Waals surface area contributed by atoms with Crippen molar-refractivity contribution in [3.63, 3.8) is 0 Å². The summed E-state index contributed by atoms with van der Waals surface area (Å²) in [5, 5.41) is 3.37. The molecule has 1 unspecified atom stereocenters. The van der Waals surface area contributed by atoms with Crippen LogP contribution in [-0.2, 0) is 6.54 Å². The van der Waals surface area contributed by atoms with Gasteiger partial charge in [0.05, 0.1) is 18.5 Å². The Kier molecular flexibility index (Phi) is 4.33. The zero-order chi connectivity index (χ0) is 13.7. The first-order valence-corrected chi connectivity index (χ1v) is 6.37. The van der Waals surface area contributed by atoms with Crippen LogP contribution in [-0.4, -0.2) is 32.2 Å². The van der Waals surface area contributed by atoms with Crippen molar-refractivity contribution in [1.82, 2.24) is 19.5 Å². The molecule has 0 aliphatic rings. The van der Waals surface area contributed by atoms with Gasteiger partial charge in [-0.05, 0) is 20.8 Å². The van der Waals surface area contributed by atoms with Crippen molar-refractivity contribution in [2.24, 2.45) is 0 Å². The van der Waals surface area contributed by atoms with Gasteiger partial charge in [-0.3, -0.25) is 0 Å². The summed E-state index contributed by atoms with van der Waals surface area (Å²) in [6.07, 6.45) is 7.04. The summed E-state index contributed by atoms with van der Waals surface area (Å²) >= 11 is 0. The summed E-state index contributed by atoms with van der Waals surface area (Å²) < 4.78 is 7.48. The predicted octanol–water partition coefficient (Wildman–Crippen LogP) is 1.88. The van der Waals surface area contributed by atoms with Gasteiger partial charge in [-0.2, -0.15) is 0 Å². The van der Waals surface area contributed by atoms with E-state index in [9.17, 15) is 0 Å². The van der Waals surface area contributed by atoms with Gasteiger partial charge in [-0.25, -0.2) is 15.0 Å². The van der Waals surface area contributed by atoms with E-state index in [1.165, 1.54) is 6.33 Å². The van der Waals surface area contributed by atoms with Gasteiger partial charge in [0, 0.05) is 25.0 Å². The highest BCUT2D eigenvalue weighted by molar-refractivity contribution is 5.48. The number of aromatic nitrogens is 4. The van der Waals surface area contributed by atoms with Gasteiger partial charge in [-0.1, -0.05) is 0 Å². The van der Waals surface area contributed by atoms with Crippen molar-refractivity contribution >= 4 is 5.82 Å². The van der Waals surface area contributed by atoms with Crippen LogP contribution in [0.5, 0.6) is 5.88 Å². The molecule has 1 atom stereocenters. The molecule has 0 aliphatic heterocycles. The van der Waals surface area contributed by atoms with Gasteiger partial charge in [0.15, 0.2) is 0 Å². The monoisotopic (exact) mass is 261 g/mol. The largest absolute Gasteiger partial charge is 0.478 e. The molecule has 102 valence electrons. The Balaban J connectivity index is 2.04. The first kappa shape index (κ1) is 13.3. The fraction of sp³-hybridized carbons (Fsp3) is 0.462. The van der Waals surface area contributed by atoms with Crippen LogP contribution >= 0.6 is 0 Å². The third kappa shape index (κ3) is 3.43. The Labute approximate surface area is 112 Å². The Morgan fingerprint density at radius 2 is 2.26 bits per heavy atom. The standard InChI is InChI=1S/C13H19N5O/c1-4-19-13-11(3)12(15-8-16-13)17-10(2)7-18-6-5-14-9-18/h5-6,8-10H,4,7H2,1-3H3,(H,15,16,17). The van der Waals surface area contributed by atoms with Gasteiger partial charge in [0.2, 0.25) is 5.88 Å². The van der Waals surface area contributed by atoms with E-state index < -0.39 is 0 Å². The Morgan fingerprint density at radius 3 is 2.95 bits per heavy atom. The van der Waals surface area contributed by atoms with E-state index in [0.29, 0.717) is 12.5 Å². The van der Waals surface area contributed by atoms with Crippen LogP contribution in [0.15, 0.2) is 25.0 Å². The van der Waals surface area contributed by atoms with E-state index in [4.69, 9.17) is 4.74 Å². The number of rotatable bonds is 6. The van der Waals surface area contributed by atoms with Crippen molar-refractivity contribution in [2.45, 2.75) is 33.4 Å². The first-order chi connectivity index (χ1) is 9.20. The van der Waals surface area contributed by atoms with Crippen molar-refractivity contribution in [3.8, 4) is 5.88 Å². The molecule has 0 amide bonds. The number of imidazole rings is 1. The predicted molar refractivity (Wildman–Crippen MR) is 73.2 cm³/mol. The smallest absolute Gasteiger partial charge is 0.221 e. The van der Waals surface area contributed by atoms with Crippen molar-refractivity contribution in [3.05, 3.63) is 30.6 Å². The van der Waals surface area contributed by atoms with Crippen molar-refractivity contribution in [1.29, 1.82) is 0 Å². The van der Waals surface area contributed by atoms with Crippen LogP contribution in [0, 0.1) is 6.92 Å². The van der Waals surface area contributed by atoms with Crippen molar-refractivity contribution in [2.75, 3.05) is 11.9 Å². The molecule has 6 nitrogen and oxygen atoms in total. The minimum Gasteiger partial charge on any atom is -0.478 e. The highest BCUT2D eigenvalue weighted by Gasteiger charge is 2.10. The normalized spacial score (nSPS) is 12.2. The minimum atomic E-state index is 0.234. The van der Waals surface area contributed by atoms with Crippen LogP contribution in [0.4, 0.5) is 5.82 Å². The zero-order valence-corrected chi connectivity index (χ0v) is 11.5. The first-order valence-electron chi connectivity index (χ1n) is 6.37. The zero-order valence-electron chi connectivity index (χ0n) is 11.5. The lowest BCUT2D eigenvalue weighted by Gasteiger charge is -2.17. The third-order valence-electron chi connectivity index (χ3n) is 2.75. The fourth-order valence-electron chi connectivity index (χ4n) is 1.85. The number of anilines is 1. The minimum absolute atomic E-state index is 0.234. The molecule has 0 fully saturated rings. The molecule has 19 heavy (non-hydrogen) atoms. The molecule has 2 heterocycles. The second-order valence-corrected chi connectivity index (χ2v) is 4.39. The van der Waals surface area contributed by atoms with Crippen LogP contribution in [0.1, 0.15) is 19.4 Å². The quantitative estimate of drug-likeness (QED) is 0.860. The molecule has 2 aromatic rings. The van der Waals surface area contributed by atoms with Gasteiger partial charge in [-0.15, -0.1) is 0 Å². The molecule has 2 aromatic heterocycles. The van der Waals surface area contributed by atoms with E-state index in [1.54, 1.807) is 12.5 Å². The second-order valence-electron chi connectivity index (χ2n) is 4.39. The maximum atomic E-state index is 5.46. The molecular formula is C13H19N5O. The Morgan fingerprint density at radius 1 is 1.42 bits per heavy atom. The lowest BCUT2D eigenvalue weighted by atomic mass is 10.2. The average Bonchev–Trinajstić information content (AvgIpc) is 2.87. The second kappa shape index (κ2) is 6.17. The Hall–Kier alpha value is -2.11. The van der Waals surface area contributed by atoms with E-state index in [-0.39, 0.29) is 6.04 Å². The van der Waals surface area contributed by atoms with Crippen molar-refractivity contribution < 1.29 is 4.74 Å². The molecule has 2 rings (SSSR count). The summed E-state index contributed by atoms with van der Waals surface area (Å²) in [6.45, 7) is 7.42. The summed E-state index contributed by atoms with van der Waals surface area (Å²) in [5.74, 6) is 1.45. The molecule has 0 saturated carbocycles.